The molecule has 0 spiro atoms. The highest BCUT2D eigenvalue weighted by Crippen LogP contribution is 2.48. The number of hydrogen-bond acceptors (Lipinski definition) is 6. The maximum Gasteiger partial charge on any atom is 0.0872 e. The van der Waals surface area contributed by atoms with Crippen molar-refractivity contribution in [2.24, 2.45) is 0 Å². The summed E-state index contributed by atoms with van der Waals surface area (Å²) in [4.78, 5) is 19.0. The number of rotatable bonds is 4. The third kappa shape index (κ3) is 8.11. The highest BCUT2D eigenvalue weighted by Gasteiger charge is 2.23. The highest BCUT2D eigenvalue weighted by molar-refractivity contribution is 7.34. The third-order valence-electron chi connectivity index (χ3n) is 15.4. The zero-order valence-electron chi connectivity index (χ0n) is 45.1. The number of nitrogens with zero attached hydrogens (tertiary/aromatic N) is 2. The number of benzene rings is 4. The zero-order chi connectivity index (χ0) is 52.6. The quantitative estimate of drug-likeness (QED) is 0.185. The van der Waals surface area contributed by atoms with Crippen molar-refractivity contribution < 1.29 is 0 Å². The van der Waals surface area contributed by atoms with Crippen molar-refractivity contribution in [1.29, 1.82) is 0 Å². The second-order valence-electron chi connectivity index (χ2n) is 21.5. The van der Waals surface area contributed by atoms with E-state index in [1.165, 1.54) is 149 Å². The molecule has 12 heterocycles. The topological polar surface area (TPSA) is 57.4 Å². The average Bonchev–Trinajstić information content (AvgIpc) is 4.25. The van der Waals surface area contributed by atoms with Crippen LogP contribution in [-0.2, 0) is 0 Å². The van der Waals surface area contributed by atoms with Gasteiger partial charge in [-0.05, 0) is 223 Å². The molecule has 0 aliphatic carbocycles. The number of hydrogen-bond donors (Lipinski definition) is 2. The van der Waals surface area contributed by atoms with E-state index in [1.54, 1.807) is 0 Å². The Hall–Kier alpha value is -7.20. The van der Waals surface area contributed by atoms with Crippen LogP contribution < -0.4 is 0 Å². The highest BCUT2D eigenvalue weighted by atomic mass is 32.1. The number of aryl methyl sites for hydroxylation is 12. The third-order valence-corrected chi connectivity index (χ3v) is 20.0. The van der Waals surface area contributed by atoms with E-state index in [-0.39, 0.29) is 0 Å². The van der Waals surface area contributed by atoms with Crippen LogP contribution in [0.1, 0.15) is 89.5 Å². The predicted molar refractivity (Wildman–Crippen MR) is 337 cm³/mol. The van der Waals surface area contributed by atoms with E-state index in [0.29, 0.717) is 0 Å². The Labute approximate surface area is 460 Å². The second kappa shape index (κ2) is 18.2. The minimum absolute atomic E-state index is 0.930. The van der Waals surface area contributed by atoms with Crippen molar-refractivity contribution in [1.82, 2.24) is 19.9 Å². The Kier molecular flexibility index (Phi) is 11.6. The molecule has 8 heteroatoms. The van der Waals surface area contributed by atoms with E-state index in [9.17, 15) is 0 Å². The van der Waals surface area contributed by atoms with E-state index in [4.69, 9.17) is 9.97 Å². The van der Waals surface area contributed by atoms with Crippen LogP contribution in [0.25, 0.3) is 128 Å². The summed E-state index contributed by atoms with van der Waals surface area (Å²) in [5, 5.41) is 0. The first-order chi connectivity index (χ1) is 36.5. The molecule has 0 fully saturated rings. The molecular weight excluding hydrogens is 1000 g/mol. The lowest BCUT2D eigenvalue weighted by Crippen LogP contribution is -1.92. The Morgan fingerprint density at radius 1 is 0.250 bits per heavy atom. The molecular formula is C68H58N4S4. The maximum absolute atomic E-state index is 5.55. The molecule has 0 amide bonds. The maximum atomic E-state index is 5.55. The summed E-state index contributed by atoms with van der Waals surface area (Å²) in [5.41, 5.74) is 33.0. The molecule has 0 saturated carbocycles. The minimum Gasteiger partial charge on any atom is -0.353 e. The van der Waals surface area contributed by atoms with Crippen molar-refractivity contribution in [2.45, 2.75) is 83.1 Å². The van der Waals surface area contributed by atoms with Crippen LogP contribution in [0.5, 0.6) is 0 Å². The summed E-state index contributed by atoms with van der Waals surface area (Å²) in [6, 6.07) is 37.2. The Morgan fingerprint density at radius 3 is 0.776 bits per heavy atom. The van der Waals surface area contributed by atoms with Crippen LogP contribution >= 0.6 is 45.3 Å². The number of aromatic amines is 2. The molecule has 0 atom stereocenters. The van der Waals surface area contributed by atoms with Crippen molar-refractivity contribution in [3.8, 4) is 44.5 Å². The van der Waals surface area contributed by atoms with Gasteiger partial charge in [-0.15, -0.1) is 45.3 Å². The number of H-pyrrole nitrogens is 2. The summed E-state index contributed by atoms with van der Waals surface area (Å²) in [6.45, 7) is 26.8. The number of thiophene rings is 4. The molecule has 16 bridgehead atoms. The van der Waals surface area contributed by atoms with E-state index in [0.717, 1.165) is 44.8 Å². The van der Waals surface area contributed by atoms with E-state index in [2.05, 4.69) is 214 Å². The van der Waals surface area contributed by atoms with Crippen molar-refractivity contribution in [3.05, 3.63) is 187 Å². The monoisotopic (exact) mass is 1060 g/mol. The normalized spacial score (nSPS) is 12.4. The first-order valence-electron chi connectivity index (χ1n) is 26.1. The fraction of sp³-hybridized carbons (Fsp3) is 0.176. The van der Waals surface area contributed by atoms with Crippen LogP contribution in [0.4, 0.5) is 0 Å². The van der Waals surface area contributed by atoms with Gasteiger partial charge in [0.15, 0.2) is 0 Å². The molecule has 16 rings (SSSR count). The van der Waals surface area contributed by atoms with Gasteiger partial charge in [0.1, 0.15) is 0 Å². The molecule has 0 radical (unpaired) electrons. The first-order valence-corrected chi connectivity index (χ1v) is 29.4. The number of aromatic nitrogens is 4. The van der Waals surface area contributed by atoms with Crippen molar-refractivity contribution >= 4 is 129 Å². The zero-order valence-corrected chi connectivity index (χ0v) is 48.3. The van der Waals surface area contributed by atoms with Gasteiger partial charge in [-0.25, -0.2) is 9.97 Å². The average molecular weight is 1060 g/mol. The van der Waals surface area contributed by atoms with Crippen LogP contribution in [-0.4, -0.2) is 19.9 Å². The standard InChI is InChI=1S/C68H58N4S4/c1-33-21-37(5)61(38(6)22-33)65-49-17-13-45(69-49)46-14-18-50(70-46)67(63-41(9)25-35(3)26-42(63)10)59-31-55-56(75-59)32-60(76-55)68(64-43(11)27-36(4)28-44(64)12)52-20-16-48(72-52)47-15-19-51(71-47)66(62-39(7)23-34(2)24-40(62)8)58-30-54-53(74-58)29-57(65)73-54/h13-32,69,72H,1-12H3. The fourth-order valence-corrected chi connectivity index (χ4v) is 17.7. The molecule has 2 aliphatic heterocycles. The lowest BCUT2D eigenvalue weighted by atomic mass is 9.93. The van der Waals surface area contributed by atoms with Crippen molar-refractivity contribution in [2.75, 3.05) is 0 Å². The Bertz CT molecular complexity index is 4210. The SMILES string of the molecule is Cc1cc(C)c(-c2c3nc(c4ccc([nH]4)c(-c4c(C)cc(C)cc4C)c4cc5sc(cc5s4)c(-c4c(C)cc(C)cc4C)c4nc(c5ccc([nH]5)c(-c5c(C)cc(C)cc5C)c5cc6sc2cc6s5)C=C4)C=C3)c(C)c1. The van der Waals surface area contributed by atoms with Gasteiger partial charge in [-0.2, -0.15) is 0 Å². The van der Waals surface area contributed by atoms with Crippen LogP contribution in [0.3, 0.4) is 0 Å². The molecule has 2 aliphatic rings. The van der Waals surface area contributed by atoms with Gasteiger partial charge < -0.3 is 9.97 Å². The minimum atomic E-state index is 0.930. The Morgan fingerprint density at radius 2 is 0.487 bits per heavy atom. The lowest BCUT2D eigenvalue weighted by molar-refractivity contribution is 1.29. The van der Waals surface area contributed by atoms with Crippen LogP contribution in [0.2, 0.25) is 0 Å². The van der Waals surface area contributed by atoms with Crippen LogP contribution in [0.15, 0.2) is 97.1 Å². The van der Waals surface area contributed by atoms with Crippen LogP contribution in [0, 0.1) is 83.1 Å². The molecule has 4 aromatic carbocycles. The van der Waals surface area contributed by atoms with Gasteiger partial charge in [0, 0.05) is 70.9 Å². The molecule has 10 aromatic heterocycles. The summed E-state index contributed by atoms with van der Waals surface area (Å²) in [6.07, 6.45) is 8.85. The van der Waals surface area contributed by atoms with Gasteiger partial charge in [0.05, 0.1) is 33.8 Å². The molecule has 76 heavy (non-hydrogen) atoms. The number of nitrogens with one attached hydrogen (secondary N) is 2. The van der Waals surface area contributed by atoms with E-state index >= 15 is 0 Å². The molecule has 0 unspecified atom stereocenters. The molecule has 4 nitrogen and oxygen atoms in total. The van der Waals surface area contributed by atoms with Gasteiger partial charge in [-0.3, -0.25) is 0 Å². The molecule has 374 valence electrons. The summed E-state index contributed by atoms with van der Waals surface area (Å²) in [5.74, 6) is 0. The molecule has 2 N–H and O–H groups in total. The smallest absolute Gasteiger partial charge is 0.0872 e. The second-order valence-corrected chi connectivity index (χ2v) is 25.8. The van der Waals surface area contributed by atoms with E-state index in [1.807, 2.05) is 45.3 Å². The van der Waals surface area contributed by atoms with Gasteiger partial charge in [0.25, 0.3) is 0 Å². The van der Waals surface area contributed by atoms with Gasteiger partial charge in [0.2, 0.25) is 0 Å². The van der Waals surface area contributed by atoms with E-state index < -0.39 is 0 Å². The summed E-state index contributed by atoms with van der Waals surface area (Å²) >= 11 is 7.49. The Balaban J connectivity index is 1.18. The fourth-order valence-electron chi connectivity index (χ4n) is 12.7. The summed E-state index contributed by atoms with van der Waals surface area (Å²) < 4.78 is 9.99. The molecule has 0 saturated heterocycles. The predicted octanol–water partition coefficient (Wildman–Crippen LogP) is 21.0. The first kappa shape index (κ1) is 48.4. The van der Waals surface area contributed by atoms with Gasteiger partial charge in [-0.1, -0.05) is 70.8 Å². The van der Waals surface area contributed by atoms with Gasteiger partial charge >= 0.3 is 0 Å². The largest absolute Gasteiger partial charge is 0.353 e. The summed E-state index contributed by atoms with van der Waals surface area (Å²) in [7, 11) is 0. The van der Waals surface area contributed by atoms with Crippen molar-refractivity contribution in [3.63, 3.8) is 0 Å². The lowest BCUT2D eigenvalue weighted by Gasteiger charge is -2.13. The molecule has 14 aromatic rings.